The van der Waals surface area contributed by atoms with Gasteiger partial charge in [-0.15, -0.1) is 0 Å². The van der Waals surface area contributed by atoms with E-state index in [4.69, 9.17) is 15.0 Å². The first-order chi connectivity index (χ1) is 42.1. The molecule has 0 aliphatic carbocycles. The third kappa shape index (κ3) is 9.78. The summed E-state index contributed by atoms with van der Waals surface area (Å²) in [7, 11) is 0. The molecule has 0 radical (unpaired) electrons. The predicted molar refractivity (Wildman–Crippen MR) is 354 cm³/mol. The van der Waals surface area contributed by atoms with Crippen LogP contribution in [0.1, 0.15) is 0 Å². The Morgan fingerprint density at radius 2 is 0.400 bits per heavy atom. The van der Waals surface area contributed by atoms with Crippen LogP contribution in [0.25, 0.3) is 151 Å². The standard InChI is InChI=1S/C81H54N4/c1-9-25-55(26-10-1)59-41-45-63(46-42-59)72-53-69(81-83-79(65-37-21-7-22-38-65)82-80(84-81)66-39-23-8-24-40-66)54-73(64-47-43-60(44-48-64)56-27-11-2-12-28-56)76(72)85-77-70(61-33-17-5-18-34-61)49-67(57-29-13-3-14-30-57)51-74(77)75-52-68(58-31-15-4-16-32-58)50-71(78(75)85)62-35-19-6-20-36-62/h1-54H. The van der Waals surface area contributed by atoms with Gasteiger partial charge in [-0.2, -0.15) is 0 Å². The number of rotatable bonds is 12. The Bertz CT molecular complexity index is 4540. The van der Waals surface area contributed by atoms with Gasteiger partial charge in [-0.1, -0.05) is 291 Å². The molecule has 15 rings (SSSR count). The zero-order valence-electron chi connectivity index (χ0n) is 46.5. The second kappa shape index (κ2) is 22.2. The van der Waals surface area contributed by atoms with Crippen LogP contribution in [0.4, 0.5) is 0 Å². The molecule has 398 valence electrons. The smallest absolute Gasteiger partial charge is 0.164 e. The molecular formula is C81H54N4. The third-order valence-corrected chi connectivity index (χ3v) is 16.2. The summed E-state index contributed by atoms with van der Waals surface area (Å²) in [6, 6.07) is 118. The van der Waals surface area contributed by atoms with Gasteiger partial charge in [0, 0.05) is 49.7 Å². The molecule has 2 heterocycles. The lowest BCUT2D eigenvalue weighted by molar-refractivity contribution is 1.07. The number of nitrogens with zero attached hydrogens (tertiary/aromatic N) is 4. The molecule has 0 aliphatic heterocycles. The number of benzene rings is 13. The highest BCUT2D eigenvalue weighted by molar-refractivity contribution is 6.20. The van der Waals surface area contributed by atoms with Crippen molar-refractivity contribution < 1.29 is 0 Å². The van der Waals surface area contributed by atoms with Crippen molar-refractivity contribution in [1.29, 1.82) is 0 Å². The first-order valence-corrected chi connectivity index (χ1v) is 28.9. The van der Waals surface area contributed by atoms with E-state index in [0.29, 0.717) is 17.5 Å². The van der Waals surface area contributed by atoms with Gasteiger partial charge < -0.3 is 4.57 Å². The van der Waals surface area contributed by atoms with Gasteiger partial charge in [-0.05, 0) is 103 Å². The second-order valence-corrected chi connectivity index (χ2v) is 21.5. The summed E-state index contributed by atoms with van der Waals surface area (Å²) in [5.74, 6) is 1.77. The van der Waals surface area contributed by atoms with Crippen LogP contribution >= 0.6 is 0 Å². The summed E-state index contributed by atoms with van der Waals surface area (Å²) in [5.41, 5.74) is 23.6. The monoisotopic (exact) mass is 1080 g/mol. The Kier molecular flexibility index (Phi) is 13.2. The van der Waals surface area contributed by atoms with E-state index in [0.717, 1.165) is 133 Å². The number of fused-ring (bicyclic) bond motifs is 3. The highest BCUT2D eigenvalue weighted by Crippen LogP contribution is 2.50. The van der Waals surface area contributed by atoms with E-state index in [2.05, 4.69) is 296 Å². The highest BCUT2D eigenvalue weighted by atomic mass is 15.0. The topological polar surface area (TPSA) is 43.6 Å². The van der Waals surface area contributed by atoms with Crippen molar-refractivity contribution >= 4 is 21.8 Å². The van der Waals surface area contributed by atoms with Gasteiger partial charge in [0.2, 0.25) is 0 Å². The van der Waals surface area contributed by atoms with Gasteiger partial charge in [0.15, 0.2) is 17.5 Å². The Hall–Kier alpha value is -11.3. The number of hydrogen-bond acceptors (Lipinski definition) is 3. The first-order valence-electron chi connectivity index (χ1n) is 28.9. The summed E-state index contributed by atoms with van der Waals surface area (Å²) >= 11 is 0. The molecule has 4 heteroatoms. The van der Waals surface area contributed by atoms with Crippen molar-refractivity contribution in [3.05, 3.63) is 328 Å². The van der Waals surface area contributed by atoms with E-state index in [-0.39, 0.29) is 0 Å². The maximum absolute atomic E-state index is 5.42. The molecule has 15 aromatic rings. The van der Waals surface area contributed by atoms with Crippen molar-refractivity contribution in [3.8, 4) is 129 Å². The Labute approximate surface area is 495 Å². The van der Waals surface area contributed by atoms with Crippen LogP contribution in [0.3, 0.4) is 0 Å². The maximum Gasteiger partial charge on any atom is 0.164 e. The molecule has 4 nitrogen and oxygen atoms in total. The molecule has 0 atom stereocenters. The summed E-state index contributed by atoms with van der Waals surface area (Å²) in [6.45, 7) is 0. The van der Waals surface area contributed by atoms with Crippen LogP contribution in [0.15, 0.2) is 328 Å². The molecule has 0 amide bonds. The lowest BCUT2D eigenvalue weighted by Crippen LogP contribution is -2.05. The minimum atomic E-state index is 0.570. The second-order valence-electron chi connectivity index (χ2n) is 21.5. The molecule has 13 aromatic carbocycles. The zero-order valence-corrected chi connectivity index (χ0v) is 46.5. The van der Waals surface area contributed by atoms with E-state index in [1.54, 1.807) is 0 Å². The number of hydrogen-bond donors (Lipinski definition) is 0. The van der Waals surface area contributed by atoms with E-state index in [9.17, 15) is 0 Å². The van der Waals surface area contributed by atoms with Crippen molar-refractivity contribution in [2.75, 3.05) is 0 Å². The molecule has 0 unspecified atom stereocenters. The van der Waals surface area contributed by atoms with Crippen LogP contribution in [0.5, 0.6) is 0 Å². The molecule has 0 bridgehead atoms. The fourth-order valence-corrected chi connectivity index (χ4v) is 12.1. The average Bonchev–Trinajstić information content (AvgIpc) is 1.98. The van der Waals surface area contributed by atoms with Gasteiger partial charge in [-0.3, -0.25) is 0 Å². The van der Waals surface area contributed by atoms with Crippen LogP contribution in [-0.2, 0) is 0 Å². The predicted octanol–water partition coefficient (Wildman–Crippen LogP) is 21.3. The van der Waals surface area contributed by atoms with Gasteiger partial charge in [-0.25, -0.2) is 15.0 Å². The zero-order chi connectivity index (χ0) is 56.5. The first kappa shape index (κ1) is 50.6. The quantitative estimate of drug-likeness (QED) is 0.122. The van der Waals surface area contributed by atoms with Crippen LogP contribution in [0.2, 0.25) is 0 Å². The number of aromatic nitrogens is 4. The normalized spacial score (nSPS) is 11.3. The van der Waals surface area contributed by atoms with Crippen molar-refractivity contribution in [2.24, 2.45) is 0 Å². The van der Waals surface area contributed by atoms with Crippen molar-refractivity contribution in [2.45, 2.75) is 0 Å². The van der Waals surface area contributed by atoms with Crippen molar-refractivity contribution in [3.63, 3.8) is 0 Å². The Morgan fingerprint density at radius 3 is 0.718 bits per heavy atom. The fourth-order valence-electron chi connectivity index (χ4n) is 12.1. The van der Waals surface area contributed by atoms with E-state index in [1.165, 1.54) is 0 Å². The Balaban J connectivity index is 1.14. The van der Waals surface area contributed by atoms with Gasteiger partial charge >= 0.3 is 0 Å². The summed E-state index contributed by atoms with van der Waals surface area (Å²) < 4.78 is 2.61. The molecular weight excluding hydrogens is 1030 g/mol. The lowest BCUT2D eigenvalue weighted by atomic mass is 9.90. The molecule has 0 spiro atoms. The summed E-state index contributed by atoms with van der Waals surface area (Å²) in [4.78, 5) is 16.0. The molecule has 0 saturated heterocycles. The van der Waals surface area contributed by atoms with Gasteiger partial charge in [0.25, 0.3) is 0 Å². The average molecular weight is 1080 g/mol. The minimum Gasteiger partial charge on any atom is -0.307 e. The molecule has 85 heavy (non-hydrogen) atoms. The Morgan fingerprint density at radius 1 is 0.176 bits per heavy atom. The van der Waals surface area contributed by atoms with E-state index < -0.39 is 0 Å². The largest absolute Gasteiger partial charge is 0.307 e. The molecule has 0 N–H and O–H groups in total. The van der Waals surface area contributed by atoms with E-state index >= 15 is 0 Å². The summed E-state index contributed by atoms with van der Waals surface area (Å²) in [5, 5.41) is 2.28. The van der Waals surface area contributed by atoms with E-state index in [1.807, 2.05) is 36.4 Å². The minimum absolute atomic E-state index is 0.570. The molecule has 0 fully saturated rings. The van der Waals surface area contributed by atoms with Crippen LogP contribution < -0.4 is 0 Å². The highest BCUT2D eigenvalue weighted by Gasteiger charge is 2.28. The molecule has 2 aromatic heterocycles. The SMILES string of the molecule is c1ccc(-c2ccc(-c3cc(-c4nc(-c5ccccc5)nc(-c5ccccc5)n4)cc(-c4ccc(-c5ccccc5)cc4)c3-n3c4c(-c5ccccc5)cc(-c5ccccc5)cc4c4cc(-c5ccccc5)cc(-c5ccccc5)c43)cc2)cc1. The lowest BCUT2D eigenvalue weighted by Gasteiger charge is -2.23. The van der Waals surface area contributed by atoms with Gasteiger partial charge in [0.05, 0.1) is 16.7 Å². The molecule has 0 aliphatic rings. The fraction of sp³-hybridized carbons (Fsp3) is 0. The van der Waals surface area contributed by atoms with Gasteiger partial charge in [0.1, 0.15) is 0 Å². The van der Waals surface area contributed by atoms with Crippen LogP contribution in [-0.4, -0.2) is 19.5 Å². The summed E-state index contributed by atoms with van der Waals surface area (Å²) in [6.07, 6.45) is 0. The van der Waals surface area contributed by atoms with Crippen LogP contribution in [0, 0.1) is 0 Å². The maximum atomic E-state index is 5.42. The third-order valence-electron chi connectivity index (χ3n) is 16.2. The van der Waals surface area contributed by atoms with Crippen molar-refractivity contribution in [1.82, 2.24) is 19.5 Å². The molecule has 0 saturated carbocycles.